The van der Waals surface area contributed by atoms with E-state index in [2.05, 4.69) is 5.32 Å². The zero-order chi connectivity index (χ0) is 23.0. The van der Waals surface area contributed by atoms with Crippen LogP contribution in [0, 0.1) is 17.2 Å². The quantitative estimate of drug-likeness (QED) is 0.470. The molecule has 0 unspecified atom stereocenters. The van der Waals surface area contributed by atoms with E-state index in [0.29, 0.717) is 29.7 Å². The van der Waals surface area contributed by atoms with E-state index in [1.807, 2.05) is 13.0 Å². The summed E-state index contributed by atoms with van der Waals surface area (Å²) in [7, 11) is 1.15. The third kappa shape index (κ3) is 5.86. The molecule has 0 aromatic heterocycles. The molecule has 0 saturated carbocycles. The molecule has 1 aromatic carbocycles. The molecule has 10 heteroatoms. The number of ether oxygens (including phenoxy) is 3. The van der Waals surface area contributed by atoms with Gasteiger partial charge in [-0.25, -0.2) is 0 Å². The number of thioether (sulfide) groups is 1. The van der Waals surface area contributed by atoms with Crippen LogP contribution in [0.15, 0.2) is 34.9 Å². The Kier molecular flexibility index (Phi) is 8.63. The number of nitrogens with zero attached hydrogens (tertiary/aromatic N) is 1. The average Bonchev–Trinajstić information content (AvgIpc) is 2.73. The number of nitriles is 1. The van der Waals surface area contributed by atoms with Gasteiger partial charge in [-0.05, 0) is 43.3 Å². The van der Waals surface area contributed by atoms with Gasteiger partial charge in [0.1, 0.15) is 18.1 Å². The van der Waals surface area contributed by atoms with Gasteiger partial charge in [0, 0.05) is 5.92 Å². The highest BCUT2D eigenvalue weighted by molar-refractivity contribution is 8.17. The van der Waals surface area contributed by atoms with E-state index in [4.69, 9.17) is 14.2 Å². The van der Waals surface area contributed by atoms with E-state index < -0.39 is 41.2 Å². The second kappa shape index (κ2) is 11.2. The molecule has 164 valence electrons. The topological polar surface area (TPSA) is 132 Å². The first-order valence-electron chi connectivity index (χ1n) is 9.48. The summed E-state index contributed by atoms with van der Waals surface area (Å²) in [6.07, 6.45) is -0.523. The molecule has 1 N–H and O–H groups in total. The lowest BCUT2D eigenvalue weighted by Gasteiger charge is -2.30. The fourth-order valence-corrected chi connectivity index (χ4v) is 3.92. The molecule has 0 saturated heterocycles. The third-order valence-electron chi connectivity index (χ3n) is 4.34. The Hall–Kier alpha value is -3.32. The minimum absolute atomic E-state index is 0.0152. The number of esters is 2. The van der Waals surface area contributed by atoms with Crippen molar-refractivity contribution in [2.75, 3.05) is 20.3 Å². The van der Waals surface area contributed by atoms with Crippen molar-refractivity contribution in [1.29, 1.82) is 5.26 Å². The van der Waals surface area contributed by atoms with Gasteiger partial charge >= 0.3 is 11.9 Å². The van der Waals surface area contributed by atoms with Crippen molar-refractivity contribution >= 4 is 34.7 Å². The predicted molar refractivity (Wildman–Crippen MR) is 110 cm³/mol. The Morgan fingerprint density at radius 3 is 2.39 bits per heavy atom. The highest BCUT2D eigenvalue weighted by Crippen LogP contribution is 2.40. The smallest absolute Gasteiger partial charge is 0.319 e. The molecule has 1 amide bonds. The van der Waals surface area contributed by atoms with Crippen molar-refractivity contribution in [2.24, 2.45) is 5.92 Å². The minimum atomic E-state index is -1.32. The maximum Gasteiger partial charge on any atom is 0.319 e. The van der Waals surface area contributed by atoms with Gasteiger partial charge in [0.25, 0.3) is 0 Å². The van der Waals surface area contributed by atoms with Crippen molar-refractivity contribution < 1.29 is 33.4 Å². The fraction of sp³-hybridized carbons (Fsp3) is 0.381. The monoisotopic (exact) mass is 446 g/mol. The van der Waals surface area contributed by atoms with Crippen LogP contribution in [0.2, 0.25) is 0 Å². The molecular weight excluding hydrogens is 424 g/mol. The van der Waals surface area contributed by atoms with Crippen LogP contribution < -0.4 is 10.1 Å². The minimum Gasteiger partial charge on any atom is -0.494 e. The molecule has 2 rings (SSSR count). The second-order valence-electron chi connectivity index (χ2n) is 6.28. The van der Waals surface area contributed by atoms with Gasteiger partial charge in [-0.3, -0.25) is 19.2 Å². The van der Waals surface area contributed by atoms with E-state index in [1.165, 1.54) is 0 Å². The first-order valence-corrected chi connectivity index (χ1v) is 10.3. The van der Waals surface area contributed by atoms with E-state index in [9.17, 15) is 24.4 Å². The molecule has 1 aromatic rings. The number of amides is 1. The molecule has 9 nitrogen and oxygen atoms in total. The highest BCUT2D eigenvalue weighted by atomic mass is 32.2. The van der Waals surface area contributed by atoms with Crippen LogP contribution in [0.4, 0.5) is 0 Å². The second-order valence-corrected chi connectivity index (χ2v) is 7.35. The van der Waals surface area contributed by atoms with Gasteiger partial charge in [0.15, 0.2) is 0 Å². The van der Waals surface area contributed by atoms with Crippen LogP contribution in [-0.2, 0) is 28.7 Å². The summed E-state index contributed by atoms with van der Waals surface area (Å²) in [5.41, 5.74) is 0.516. The Bertz CT molecular complexity index is 934. The molecule has 1 heterocycles. The predicted octanol–water partition coefficient (Wildman–Crippen LogP) is 2.04. The van der Waals surface area contributed by atoms with Crippen molar-refractivity contribution in [2.45, 2.75) is 26.2 Å². The zero-order valence-corrected chi connectivity index (χ0v) is 18.1. The highest BCUT2D eigenvalue weighted by Gasteiger charge is 2.44. The van der Waals surface area contributed by atoms with Gasteiger partial charge in [-0.15, -0.1) is 0 Å². The molecule has 0 spiro atoms. The lowest BCUT2D eigenvalue weighted by molar-refractivity contribution is -0.151. The fourth-order valence-electron chi connectivity index (χ4n) is 3.06. The van der Waals surface area contributed by atoms with Crippen LogP contribution in [0.3, 0.4) is 0 Å². The van der Waals surface area contributed by atoms with Crippen LogP contribution in [-0.4, -0.2) is 43.3 Å². The molecule has 2 atom stereocenters. The van der Waals surface area contributed by atoms with Crippen LogP contribution >= 0.6 is 11.8 Å². The van der Waals surface area contributed by atoms with Crippen LogP contribution in [0.5, 0.6) is 5.75 Å². The number of rotatable bonds is 8. The molecule has 0 fully saturated rings. The first kappa shape index (κ1) is 24.0. The summed E-state index contributed by atoms with van der Waals surface area (Å²) in [4.78, 5) is 48.9. The van der Waals surface area contributed by atoms with Gasteiger partial charge in [0.05, 0.1) is 37.0 Å². The lowest BCUT2D eigenvalue weighted by atomic mass is 9.78. The van der Waals surface area contributed by atoms with Crippen LogP contribution in [0.25, 0.3) is 0 Å². The Morgan fingerprint density at radius 1 is 1.16 bits per heavy atom. The van der Waals surface area contributed by atoms with Gasteiger partial charge in [0.2, 0.25) is 11.0 Å². The summed E-state index contributed by atoms with van der Waals surface area (Å²) >= 11 is 0.551. The van der Waals surface area contributed by atoms with Crippen LogP contribution in [0.1, 0.15) is 31.7 Å². The zero-order valence-electron chi connectivity index (χ0n) is 17.3. The molecule has 1 aliphatic rings. The number of carbonyl (C=O) groups excluding carboxylic acids is 4. The normalized spacial score (nSPS) is 17.9. The third-order valence-corrected chi connectivity index (χ3v) is 5.24. The maximum absolute atomic E-state index is 12.7. The number of benzene rings is 1. The first-order chi connectivity index (χ1) is 14.9. The molecule has 0 aliphatic carbocycles. The molecule has 0 radical (unpaired) electrons. The summed E-state index contributed by atoms with van der Waals surface area (Å²) in [6.45, 7) is 4.03. The van der Waals surface area contributed by atoms with E-state index >= 15 is 0 Å². The average molecular weight is 446 g/mol. The number of methoxy groups -OCH3 is 1. The number of allylic oxidation sites excluding steroid dienone is 1. The number of nitrogens with one attached hydrogen (secondary N) is 1. The van der Waals surface area contributed by atoms with Gasteiger partial charge in [-0.2, -0.15) is 5.26 Å². The van der Waals surface area contributed by atoms with Crippen molar-refractivity contribution in [3.05, 3.63) is 40.4 Å². The molecule has 0 bridgehead atoms. The molecular formula is C21H22N2O7S. The van der Waals surface area contributed by atoms with Gasteiger partial charge < -0.3 is 19.5 Å². The summed E-state index contributed by atoms with van der Waals surface area (Å²) in [5, 5.41) is 11.6. The lowest BCUT2D eigenvalue weighted by Crippen LogP contribution is -2.44. The van der Waals surface area contributed by atoms with Crippen molar-refractivity contribution in [3.63, 3.8) is 0 Å². The van der Waals surface area contributed by atoms with E-state index in [-0.39, 0.29) is 17.2 Å². The summed E-state index contributed by atoms with van der Waals surface area (Å²) in [5.74, 6) is -3.94. The van der Waals surface area contributed by atoms with Gasteiger partial charge in [-0.1, -0.05) is 12.1 Å². The summed E-state index contributed by atoms with van der Waals surface area (Å²) in [6, 6.07) is 8.60. The largest absolute Gasteiger partial charge is 0.494 e. The Labute approximate surface area is 183 Å². The number of hydrogen-bond acceptors (Lipinski definition) is 9. The Morgan fingerprint density at radius 2 is 1.84 bits per heavy atom. The molecule has 1 aliphatic heterocycles. The van der Waals surface area contributed by atoms with Crippen molar-refractivity contribution in [1.82, 2.24) is 5.32 Å². The Balaban J connectivity index is 2.46. The SMILES string of the molecule is CCOC(=O)CC(=O)SC1=C(C#N)[C@@H](c2ccc(OCC)cc2)[C@H](C(=O)OC)C(=O)N1. The standard InChI is InChI=1S/C21H22N2O7S/c1-4-29-13-8-6-12(7-9-13)17-14(11-22)20(23-19(26)18(17)21(27)28-3)31-16(25)10-15(24)30-5-2/h6-9,17-18H,4-5,10H2,1-3H3,(H,23,26)/t17-,18+/m1/s1. The number of hydrogen-bond donors (Lipinski definition) is 1. The van der Waals surface area contributed by atoms with E-state index in [0.717, 1.165) is 7.11 Å². The van der Waals surface area contributed by atoms with E-state index in [1.54, 1.807) is 31.2 Å². The molecule has 31 heavy (non-hydrogen) atoms. The number of carbonyl (C=O) groups is 4. The summed E-state index contributed by atoms with van der Waals surface area (Å²) < 4.78 is 14.9. The van der Waals surface area contributed by atoms with Crippen molar-refractivity contribution in [3.8, 4) is 11.8 Å². The maximum atomic E-state index is 12.7.